The van der Waals surface area contributed by atoms with Gasteiger partial charge in [-0.15, -0.1) is 0 Å². The number of rotatable bonds is 13. The minimum atomic E-state index is -0.638. The molecule has 0 aromatic heterocycles. The normalized spacial score (nSPS) is 12.7. The van der Waals surface area contributed by atoms with Crippen molar-refractivity contribution in [1.82, 2.24) is 5.32 Å². The van der Waals surface area contributed by atoms with E-state index in [9.17, 15) is 5.26 Å². The number of likely N-dealkylation sites (N-methyl/N-ethyl adjacent to an activating group) is 1. The van der Waals surface area contributed by atoms with Gasteiger partial charge in [0.1, 0.15) is 0 Å². The molecule has 2 rings (SSSR count). The summed E-state index contributed by atoms with van der Waals surface area (Å²) >= 11 is 0. The second-order valence-corrected chi connectivity index (χ2v) is 8.51. The van der Waals surface area contributed by atoms with Crippen molar-refractivity contribution in [2.24, 2.45) is 5.92 Å². The molecule has 1 N–H and O–H groups in total. The van der Waals surface area contributed by atoms with Gasteiger partial charge in [-0.05, 0) is 80.1 Å². The monoisotopic (exact) mass is 454 g/mol. The third-order valence-electron chi connectivity index (χ3n) is 6.38. The van der Waals surface area contributed by atoms with Crippen LogP contribution in [-0.4, -0.2) is 42.0 Å². The fourth-order valence-electron chi connectivity index (χ4n) is 4.39. The van der Waals surface area contributed by atoms with Gasteiger partial charge in [0.25, 0.3) is 0 Å². The molecule has 0 saturated heterocycles. The van der Waals surface area contributed by atoms with Crippen LogP contribution in [0.3, 0.4) is 0 Å². The third-order valence-corrected chi connectivity index (χ3v) is 6.38. The number of benzene rings is 2. The van der Waals surface area contributed by atoms with E-state index in [0.717, 1.165) is 48.4 Å². The summed E-state index contributed by atoms with van der Waals surface area (Å²) in [7, 11) is 8.52. The van der Waals surface area contributed by atoms with Crippen molar-refractivity contribution in [3.8, 4) is 29.1 Å². The first-order chi connectivity index (χ1) is 15.9. The second kappa shape index (κ2) is 12.4. The summed E-state index contributed by atoms with van der Waals surface area (Å²) in [5, 5.41) is 13.5. The summed E-state index contributed by atoms with van der Waals surface area (Å²) in [5.41, 5.74) is 2.61. The number of hydrogen-bond acceptors (Lipinski definition) is 6. The Morgan fingerprint density at radius 1 is 0.909 bits per heavy atom. The number of hydrogen-bond donors (Lipinski definition) is 1. The van der Waals surface area contributed by atoms with Gasteiger partial charge in [-0.2, -0.15) is 5.26 Å². The molecule has 0 aliphatic carbocycles. The lowest BCUT2D eigenvalue weighted by molar-refractivity contribution is 0.339. The van der Waals surface area contributed by atoms with E-state index in [4.69, 9.17) is 18.9 Å². The summed E-state index contributed by atoms with van der Waals surface area (Å²) in [6.45, 7) is 5.09. The van der Waals surface area contributed by atoms with Crippen molar-refractivity contribution in [1.29, 1.82) is 5.26 Å². The van der Waals surface area contributed by atoms with Crippen LogP contribution in [0.4, 0.5) is 0 Å². The van der Waals surface area contributed by atoms with E-state index in [2.05, 4.69) is 31.3 Å². The van der Waals surface area contributed by atoms with Crippen LogP contribution in [0.15, 0.2) is 30.3 Å². The Kier molecular flexibility index (Phi) is 9.87. The summed E-state index contributed by atoms with van der Waals surface area (Å²) in [6, 6.07) is 12.7. The highest BCUT2D eigenvalue weighted by Crippen LogP contribution is 2.41. The van der Waals surface area contributed by atoms with E-state index >= 15 is 0 Å². The average molecular weight is 455 g/mol. The van der Waals surface area contributed by atoms with Gasteiger partial charge >= 0.3 is 0 Å². The molecule has 33 heavy (non-hydrogen) atoms. The molecule has 0 saturated carbocycles. The fourth-order valence-corrected chi connectivity index (χ4v) is 4.39. The molecule has 6 nitrogen and oxygen atoms in total. The number of ether oxygens (including phenoxy) is 4. The molecule has 0 heterocycles. The molecule has 0 spiro atoms. The van der Waals surface area contributed by atoms with Crippen LogP contribution < -0.4 is 24.3 Å². The van der Waals surface area contributed by atoms with Crippen LogP contribution in [0, 0.1) is 17.2 Å². The Hall–Kier alpha value is -2.91. The van der Waals surface area contributed by atoms with Gasteiger partial charge in [0, 0.05) is 0 Å². The Labute approximate surface area is 198 Å². The van der Waals surface area contributed by atoms with Crippen LogP contribution in [-0.2, 0) is 18.3 Å². The lowest BCUT2D eigenvalue weighted by atomic mass is 9.69. The summed E-state index contributed by atoms with van der Waals surface area (Å²) in [6.07, 6.45) is 3.23. The summed E-state index contributed by atoms with van der Waals surface area (Å²) in [5.74, 6) is 2.94. The number of nitrogens with zero attached hydrogens (tertiary/aromatic N) is 1. The number of nitrogens with one attached hydrogen (secondary N) is 1. The maximum absolute atomic E-state index is 10.3. The highest BCUT2D eigenvalue weighted by molar-refractivity contribution is 5.50. The Bertz CT molecular complexity index is 952. The molecule has 180 valence electrons. The van der Waals surface area contributed by atoms with Crippen LogP contribution in [0.2, 0.25) is 0 Å². The van der Waals surface area contributed by atoms with Crippen molar-refractivity contribution in [3.63, 3.8) is 0 Å². The van der Waals surface area contributed by atoms with Gasteiger partial charge in [-0.3, -0.25) is 0 Å². The van der Waals surface area contributed by atoms with Gasteiger partial charge in [0.05, 0.1) is 39.9 Å². The SMILES string of the molecule is CNCCc1cc(CCCC(C#N)(c2ccc(OC)c(OC)c2)C(C)C)c(OC)c(OC)c1. The van der Waals surface area contributed by atoms with Gasteiger partial charge in [0.15, 0.2) is 23.0 Å². The predicted octanol–water partition coefficient (Wildman–Crippen LogP) is 4.92. The van der Waals surface area contributed by atoms with Crippen LogP contribution in [0.5, 0.6) is 23.0 Å². The van der Waals surface area contributed by atoms with E-state index in [1.807, 2.05) is 31.3 Å². The average Bonchev–Trinajstić information content (AvgIpc) is 2.84. The largest absolute Gasteiger partial charge is 0.493 e. The molecular weight excluding hydrogens is 416 g/mol. The number of nitriles is 1. The first kappa shape index (κ1) is 26.3. The number of aryl methyl sites for hydroxylation is 1. The topological polar surface area (TPSA) is 72.7 Å². The van der Waals surface area contributed by atoms with Crippen molar-refractivity contribution < 1.29 is 18.9 Å². The molecule has 0 aliphatic rings. The first-order valence-electron chi connectivity index (χ1n) is 11.4. The molecule has 1 atom stereocenters. The molecule has 2 aromatic rings. The Morgan fingerprint density at radius 2 is 1.61 bits per heavy atom. The van der Waals surface area contributed by atoms with Gasteiger partial charge in [-0.1, -0.05) is 26.0 Å². The zero-order valence-corrected chi connectivity index (χ0v) is 21.1. The summed E-state index contributed by atoms with van der Waals surface area (Å²) in [4.78, 5) is 0. The fraction of sp³-hybridized carbons (Fsp3) is 0.519. The highest BCUT2D eigenvalue weighted by Gasteiger charge is 2.36. The molecule has 1 unspecified atom stereocenters. The molecule has 6 heteroatoms. The van der Waals surface area contributed by atoms with Crippen molar-refractivity contribution in [2.45, 2.75) is 44.9 Å². The van der Waals surface area contributed by atoms with Crippen molar-refractivity contribution in [3.05, 3.63) is 47.0 Å². The van der Waals surface area contributed by atoms with E-state index < -0.39 is 5.41 Å². The van der Waals surface area contributed by atoms with E-state index in [1.165, 1.54) is 5.56 Å². The molecule has 0 bridgehead atoms. The van der Waals surface area contributed by atoms with Crippen molar-refractivity contribution in [2.75, 3.05) is 42.0 Å². The molecule has 2 aromatic carbocycles. The molecule has 0 aliphatic heterocycles. The zero-order chi connectivity index (χ0) is 24.4. The lowest BCUT2D eigenvalue weighted by Crippen LogP contribution is -2.31. The van der Waals surface area contributed by atoms with Crippen LogP contribution >= 0.6 is 0 Å². The van der Waals surface area contributed by atoms with Crippen LogP contribution in [0.1, 0.15) is 43.4 Å². The minimum Gasteiger partial charge on any atom is -0.493 e. The third kappa shape index (κ3) is 5.91. The Balaban J connectivity index is 2.34. The van der Waals surface area contributed by atoms with Gasteiger partial charge in [-0.25, -0.2) is 0 Å². The van der Waals surface area contributed by atoms with E-state index in [1.54, 1.807) is 28.4 Å². The minimum absolute atomic E-state index is 0.124. The Morgan fingerprint density at radius 3 is 2.15 bits per heavy atom. The quantitative estimate of drug-likeness (QED) is 0.463. The molecule has 0 radical (unpaired) electrons. The van der Waals surface area contributed by atoms with E-state index in [0.29, 0.717) is 17.9 Å². The lowest BCUT2D eigenvalue weighted by Gasteiger charge is -2.32. The zero-order valence-electron chi connectivity index (χ0n) is 21.1. The predicted molar refractivity (Wildman–Crippen MR) is 132 cm³/mol. The van der Waals surface area contributed by atoms with Crippen LogP contribution in [0.25, 0.3) is 0 Å². The van der Waals surface area contributed by atoms with Crippen molar-refractivity contribution >= 4 is 0 Å². The highest BCUT2D eigenvalue weighted by atomic mass is 16.5. The molecular formula is C27H38N2O4. The standard InChI is InChI=1S/C27H38N2O4/c1-19(2)27(18-28,22-10-11-23(30-4)24(17-22)31-5)13-8-9-21-15-20(12-14-29-3)16-25(32-6)26(21)33-7/h10-11,15-17,19,29H,8-9,12-14H2,1-7H3. The maximum Gasteiger partial charge on any atom is 0.163 e. The summed E-state index contributed by atoms with van der Waals surface area (Å²) < 4.78 is 22.2. The first-order valence-corrected chi connectivity index (χ1v) is 11.4. The van der Waals surface area contributed by atoms with Gasteiger partial charge in [0.2, 0.25) is 0 Å². The van der Waals surface area contributed by atoms with E-state index in [-0.39, 0.29) is 5.92 Å². The maximum atomic E-state index is 10.3. The van der Waals surface area contributed by atoms with Gasteiger partial charge < -0.3 is 24.3 Å². The molecule has 0 fully saturated rings. The molecule has 0 amide bonds. The smallest absolute Gasteiger partial charge is 0.163 e. The second-order valence-electron chi connectivity index (χ2n) is 8.51. The number of methoxy groups -OCH3 is 4.